The number of aromatic hydroxyl groups is 1. The summed E-state index contributed by atoms with van der Waals surface area (Å²) in [7, 11) is 0. The Balaban J connectivity index is 0.00000162. The monoisotopic (exact) mass is 286 g/mol. The number of aryl methyl sites for hydroxylation is 1. The number of thiophene rings is 1. The van der Waals surface area contributed by atoms with Gasteiger partial charge in [0, 0.05) is 22.2 Å². The van der Waals surface area contributed by atoms with E-state index in [2.05, 4.69) is 4.98 Å². The number of aliphatic hydroxyl groups excluding tert-OH is 1. The third-order valence-corrected chi connectivity index (χ3v) is 3.64. The molecule has 4 nitrogen and oxygen atoms in total. The van der Waals surface area contributed by atoms with Crippen LogP contribution in [0.4, 0.5) is 0 Å². The molecule has 0 aliphatic carbocycles. The predicted octanol–water partition coefficient (Wildman–Crippen LogP) is 2.12. The van der Waals surface area contributed by atoms with Crippen LogP contribution in [0.1, 0.15) is 27.7 Å². The van der Waals surface area contributed by atoms with E-state index in [1.807, 2.05) is 17.5 Å². The van der Waals surface area contributed by atoms with Crippen molar-refractivity contribution < 1.29 is 10.2 Å². The van der Waals surface area contributed by atoms with E-state index in [-0.39, 0.29) is 24.8 Å². The maximum Gasteiger partial charge on any atom is 0.142 e. The largest absolute Gasteiger partial charge is 0.506 e. The maximum absolute atomic E-state index is 10.0. The van der Waals surface area contributed by atoms with Crippen LogP contribution in [0.25, 0.3) is 0 Å². The fraction of sp³-hybridized carbons (Fsp3) is 0.250. The van der Waals surface area contributed by atoms with Gasteiger partial charge >= 0.3 is 0 Å². The van der Waals surface area contributed by atoms with Gasteiger partial charge in [-0.25, -0.2) is 0 Å². The third-order valence-electron chi connectivity index (χ3n) is 2.69. The van der Waals surface area contributed by atoms with Crippen molar-refractivity contribution in [3.63, 3.8) is 0 Å². The lowest BCUT2D eigenvalue weighted by Gasteiger charge is -2.16. The highest BCUT2D eigenvalue weighted by Gasteiger charge is 2.20. The van der Waals surface area contributed by atoms with Gasteiger partial charge in [0.15, 0.2) is 0 Å². The predicted molar refractivity (Wildman–Crippen MR) is 74.2 cm³/mol. The third kappa shape index (κ3) is 2.64. The minimum Gasteiger partial charge on any atom is -0.506 e. The second-order valence-electron chi connectivity index (χ2n) is 3.78. The van der Waals surface area contributed by atoms with E-state index < -0.39 is 6.04 Å². The van der Waals surface area contributed by atoms with Crippen LogP contribution in [0, 0.1) is 6.92 Å². The normalized spacial score (nSPS) is 11.9. The molecule has 0 saturated carbocycles. The molecule has 0 aromatic carbocycles. The lowest BCUT2D eigenvalue weighted by Crippen LogP contribution is -2.14. The maximum atomic E-state index is 10.0. The molecule has 0 saturated heterocycles. The molecule has 0 aliphatic heterocycles. The second-order valence-corrected chi connectivity index (χ2v) is 4.76. The van der Waals surface area contributed by atoms with Crippen molar-refractivity contribution in [2.24, 2.45) is 5.73 Å². The molecule has 0 spiro atoms. The van der Waals surface area contributed by atoms with E-state index >= 15 is 0 Å². The Morgan fingerprint density at radius 3 is 2.78 bits per heavy atom. The Labute approximate surface area is 116 Å². The van der Waals surface area contributed by atoms with Crippen molar-refractivity contribution in [1.29, 1.82) is 0 Å². The summed E-state index contributed by atoms with van der Waals surface area (Å²) in [5, 5.41) is 21.2. The van der Waals surface area contributed by atoms with Gasteiger partial charge in [-0.2, -0.15) is 0 Å². The summed E-state index contributed by atoms with van der Waals surface area (Å²) in [5.74, 6) is 0.0671. The SMILES string of the molecule is Cc1ncc(CO)c([C@@H](N)c2cccs2)c1O.Cl. The highest BCUT2D eigenvalue weighted by atomic mass is 35.5. The summed E-state index contributed by atoms with van der Waals surface area (Å²) in [6.45, 7) is 1.52. The first kappa shape index (κ1) is 14.9. The Kier molecular flexibility index (Phi) is 5.10. The highest BCUT2D eigenvalue weighted by Crippen LogP contribution is 2.33. The van der Waals surface area contributed by atoms with Gasteiger partial charge in [0.2, 0.25) is 0 Å². The Morgan fingerprint density at radius 2 is 2.22 bits per heavy atom. The summed E-state index contributed by atoms with van der Waals surface area (Å²) in [6.07, 6.45) is 1.55. The molecule has 18 heavy (non-hydrogen) atoms. The van der Waals surface area contributed by atoms with Crippen LogP contribution < -0.4 is 5.73 Å². The van der Waals surface area contributed by atoms with Gasteiger partial charge in [0.1, 0.15) is 5.75 Å². The summed E-state index contributed by atoms with van der Waals surface area (Å²) >= 11 is 1.52. The first-order chi connectivity index (χ1) is 8.15. The van der Waals surface area contributed by atoms with Crippen molar-refractivity contribution in [2.75, 3.05) is 0 Å². The highest BCUT2D eigenvalue weighted by molar-refractivity contribution is 7.10. The first-order valence-corrected chi connectivity index (χ1v) is 6.10. The van der Waals surface area contributed by atoms with Crippen LogP contribution in [0.5, 0.6) is 5.75 Å². The minimum atomic E-state index is -0.432. The van der Waals surface area contributed by atoms with E-state index in [0.29, 0.717) is 16.8 Å². The van der Waals surface area contributed by atoms with Crippen molar-refractivity contribution in [2.45, 2.75) is 19.6 Å². The fourth-order valence-electron chi connectivity index (χ4n) is 1.74. The van der Waals surface area contributed by atoms with Gasteiger partial charge in [0.05, 0.1) is 18.3 Å². The van der Waals surface area contributed by atoms with Gasteiger partial charge in [-0.1, -0.05) is 6.07 Å². The van der Waals surface area contributed by atoms with Crippen molar-refractivity contribution >= 4 is 23.7 Å². The molecule has 0 amide bonds. The molecule has 6 heteroatoms. The van der Waals surface area contributed by atoms with Crippen LogP contribution in [0.15, 0.2) is 23.7 Å². The zero-order chi connectivity index (χ0) is 12.4. The molecular weight excluding hydrogens is 272 g/mol. The van der Waals surface area contributed by atoms with Crippen LogP contribution in [-0.2, 0) is 6.61 Å². The zero-order valence-corrected chi connectivity index (χ0v) is 11.5. The van der Waals surface area contributed by atoms with Crippen LogP contribution >= 0.6 is 23.7 Å². The molecule has 2 aromatic rings. The quantitative estimate of drug-likeness (QED) is 0.807. The molecule has 4 N–H and O–H groups in total. The summed E-state index contributed by atoms with van der Waals surface area (Å²) < 4.78 is 0. The van der Waals surface area contributed by atoms with Gasteiger partial charge in [-0.3, -0.25) is 4.98 Å². The molecular formula is C12H15ClN2O2S. The van der Waals surface area contributed by atoms with Gasteiger partial charge in [-0.05, 0) is 18.4 Å². The topological polar surface area (TPSA) is 79.4 Å². The Bertz CT molecular complexity index is 517. The number of nitrogens with zero attached hydrogens (tertiary/aromatic N) is 1. The average molecular weight is 287 g/mol. The molecule has 0 fully saturated rings. The zero-order valence-electron chi connectivity index (χ0n) is 9.83. The average Bonchev–Trinajstić information content (AvgIpc) is 2.85. The lowest BCUT2D eigenvalue weighted by atomic mass is 10.00. The van der Waals surface area contributed by atoms with Crippen LogP contribution in [-0.4, -0.2) is 15.2 Å². The molecule has 2 heterocycles. The van der Waals surface area contributed by atoms with E-state index in [0.717, 1.165) is 4.88 Å². The van der Waals surface area contributed by atoms with Crippen molar-refractivity contribution in [1.82, 2.24) is 4.98 Å². The Morgan fingerprint density at radius 1 is 1.50 bits per heavy atom. The molecule has 0 unspecified atom stereocenters. The summed E-state index contributed by atoms with van der Waals surface area (Å²) in [6, 6.07) is 3.38. The molecule has 98 valence electrons. The Hall–Kier alpha value is -1.14. The number of aliphatic hydroxyl groups is 1. The van der Waals surface area contributed by atoms with E-state index in [1.165, 1.54) is 11.3 Å². The fourth-order valence-corrected chi connectivity index (χ4v) is 2.47. The number of rotatable bonds is 3. The van der Waals surface area contributed by atoms with Gasteiger partial charge < -0.3 is 15.9 Å². The van der Waals surface area contributed by atoms with E-state index in [9.17, 15) is 10.2 Å². The minimum absolute atomic E-state index is 0. The number of pyridine rings is 1. The standard InChI is InChI=1S/C12H14N2O2S.ClH/c1-7-12(16)10(8(6-15)5-14-7)11(13)9-3-2-4-17-9;/h2-5,11,15-16H,6,13H2,1H3;1H/t11-;/m0./s1. The first-order valence-electron chi connectivity index (χ1n) is 5.22. The number of nitrogens with two attached hydrogens (primary N) is 1. The molecule has 0 radical (unpaired) electrons. The van der Waals surface area contributed by atoms with Crippen LogP contribution in [0.3, 0.4) is 0 Å². The number of halogens is 1. The summed E-state index contributed by atoms with van der Waals surface area (Å²) in [4.78, 5) is 4.96. The molecule has 0 aliphatic rings. The van der Waals surface area contributed by atoms with Crippen molar-refractivity contribution in [3.05, 3.63) is 45.4 Å². The smallest absolute Gasteiger partial charge is 0.142 e. The molecule has 2 rings (SSSR count). The van der Waals surface area contributed by atoms with Gasteiger partial charge in [0.25, 0.3) is 0 Å². The molecule has 1 atom stereocenters. The van der Waals surface area contributed by atoms with Crippen molar-refractivity contribution in [3.8, 4) is 5.75 Å². The van der Waals surface area contributed by atoms with Crippen LogP contribution in [0.2, 0.25) is 0 Å². The number of aromatic nitrogens is 1. The second kappa shape index (κ2) is 6.15. The lowest BCUT2D eigenvalue weighted by molar-refractivity contribution is 0.278. The van der Waals surface area contributed by atoms with E-state index in [4.69, 9.17) is 5.73 Å². The van der Waals surface area contributed by atoms with E-state index in [1.54, 1.807) is 13.1 Å². The molecule has 2 aromatic heterocycles. The number of hydrogen-bond acceptors (Lipinski definition) is 5. The van der Waals surface area contributed by atoms with Gasteiger partial charge in [-0.15, -0.1) is 23.7 Å². The number of hydrogen-bond donors (Lipinski definition) is 3. The molecule has 0 bridgehead atoms. The summed E-state index contributed by atoms with van der Waals surface area (Å²) in [5.41, 5.74) is 7.76.